The van der Waals surface area contributed by atoms with Crippen LogP contribution in [0, 0.1) is 6.92 Å². The van der Waals surface area contributed by atoms with Gasteiger partial charge in [0.15, 0.2) is 10.7 Å². The minimum atomic E-state index is -4.59. The van der Waals surface area contributed by atoms with Crippen molar-refractivity contribution in [2.75, 3.05) is 39.3 Å². The number of thiophene rings is 1. The first kappa shape index (κ1) is 25.9. The molecule has 1 aromatic carbocycles. The van der Waals surface area contributed by atoms with Crippen molar-refractivity contribution in [1.29, 1.82) is 0 Å². The quantitative estimate of drug-likeness (QED) is 0.423. The number of benzene rings is 1. The van der Waals surface area contributed by atoms with Crippen LogP contribution in [0.1, 0.15) is 36.3 Å². The molecule has 2 aliphatic rings. The second-order valence-electron chi connectivity index (χ2n) is 8.99. The van der Waals surface area contributed by atoms with Gasteiger partial charge in [0.1, 0.15) is 0 Å². The van der Waals surface area contributed by atoms with E-state index in [-0.39, 0.29) is 17.0 Å². The summed E-state index contributed by atoms with van der Waals surface area (Å²) in [7, 11) is 0. The second-order valence-corrected chi connectivity index (χ2v) is 10.9. The molecular formula is C23H20F6N4O2S2. The van der Waals surface area contributed by atoms with Gasteiger partial charge in [-0.25, -0.2) is 4.98 Å². The van der Waals surface area contributed by atoms with E-state index < -0.39 is 29.5 Å². The summed E-state index contributed by atoms with van der Waals surface area (Å²) in [4.78, 5) is 34.7. The predicted molar refractivity (Wildman–Crippen MR) is 126 cm³/mol. The van der Waals surface area contributed by atoms with Crippen molar-refractivity contribution in [2.24, 2.45) is 0 Å². The van der Waals surface area contributed by atoms with E-state index in [9.17, 15) is 35.9 Å². The van der Waals surface area contributed by atoms with Gasteiger partial charge in [0.25, 0.3) is 11.8 Å². The highest BCUT2D eigenvalue weighted by Gasteiger charge is 2.40. The van der Waals surface area contributed by atoms with Crippen LogP contribution in [0.4, 0.5) is 26.3 Å². The van der Waals surface area contributed by atoms with Crippen LogP contribution in [0.5, 0.6) is 0 Å². The number of carbonyl (C=O) groups is 2. The number of piperazine rings is 1. The van der Waals surface area contributed by atoms with Crippen LogP contribution in [-0.2, 0) is 12.4 Å². The molecule has 0 atom stereocenters. The van der Waals surface area contributed by atoms with E-state index in [4.69, 9.17) is 0 Å². The summed E-state index contributed by atoms with van der Waals surface area (Å²) in [6, 6.07) is 3.53. The topological polar surface area (TPSA) is 56.8 Å². The number of aryl methyl sites for hydroxylation is 1. The number of rotatable bonds is 3. The predicted octanol–water partition coefficient (Wildman–Crippen LogP) is 4.99. The first-order valence-electron chi connectivity index (χ1n) is 11.3. The third-order valence-corrected chi connectivity index (χ3v) is 8.78. The van der Waals surface area contributed by atoms with Gasteiger partial charge in [0, 0.05) is 55.4 Å². The van der Waals surface area contributed by atoms with Crippen molar-refractivity contribution in [2.45, 2.75) is 25.3 Å². The normalized spacial score (nSPS) is 17.9. The van der Waals surface area contributed by atoms with Gasteiger partial charge in [0.05, 0.1) is 10.4 Å². The zero-order valence-corrected chi connectivity index (χ0v) is 21.0. The summed E-state index contributed by atoms with van der Waals surface area (Å²) >= 11 is 1.73. The third-order valence-electron chi connectivity index (χ3n) is 6.70. The Bertz CT molecular complexity index is 1350. The molecule has 2 fully saturated rings. The molecule has 14 heteroatoms. The van der Waals surface area contributed by atoms with Gasteiger partial charge in [-0.2, -0.15) is 26.3 Å². The molecule has 6 nitrogen and oxygen atoms in total. The number of fused-ring (bicyclic) bond motifs is 1. The summed E-state index contributed by atoms with van der Waals surface area (Å²) < 4.78 is 77.8. The van der Waals surface area contributed by atoms with Crippen molar-refractivity contribution >= 4 is 44.6 Å². The Kier molecular flexibility index (Phi) is 6.47. The minimum Gasteiger partial charge on any atom is -0.335 e. The molecule has 2 amide bonds. The van der Waals surface area contributed by atoms with Crippen molar-refractivity contribution in [3.63, 3.8) is 0 Å². The summed E-state index contributed by atoms with van der Waals surface area (Å²) in [6.07, 6.45) is -9.05. The SMILES string of the molecule is Cc1c(C(=O)N2CCN(C3CN(C(=O)c4nc(C(F)(F)F)cs4)C3)CC2)sc2cc(C(F)(F)F)ccc12. The maximum absolute atomic E-state index is 13.2. The lowest BCUT2D eigenvalue weighted by atomic mass is 10.1. The lowest BCUT2D eigenvalue weighted by Crippen LogP contribution is -2.64. The smallest absolute Gasteiger partial charge is 0.335 e. The van der Waals surface area contributed by atoms with Crippen molar-refractivity contribution in [3.8, 4) is 0 Å². The number of hydrogen-bond acceptors (Lipinski definition) is 6. The third kappa shape index (κ3) is 4.93. The van der Waals surface area contributed by atoms with Crippen LogP contribution in [-0.4, -0.2) is 76.8 Å². The van der Waals surface area contributed by atoms with Gasteiger partial charge in [-0.15, -0.1) is 22.7 Å². The first-order valence-corrected chi connectivity index (χ1v) is 13.0. The molecule has 5 rings (SSSR count). The average Bonchev–Trinajstić information content (AvgIpc) is 3.43. The molecule has 0 spiro atoms. The molecule has 2 aliphatic heterocycles. The fraction of sp³-hybridized carbons (Fsp3) is 0.435. The highest BCUT2D eigenvalue weighted by atomic mass is 32.1. The van der Waals surface area contributed by atoms with E-state index in [1.807, 2.05) is 0 Å². The summed E-state index contributed by atoms with van der Waals surface area (Å²) in [5, 5.41) is 1.26. The Morgan fingerprint density at radius 1 is 0.946 bits per heavy atom. The Morgan fingerprint density at radius 3 is 2.22 bits per heavy atom. The van der Waals surface area contributed by atoms with E-state index in [1.165, 1.54) is 11.0 Å². The van der Waals surface area contributed by atoms with E-state index in [2.05, 4.69) is 9.88 Å². The van der Waals surface area contributed by atoms with Crippen LogP contribution in [0.15, 0.2) is 23.6 Å². The van der Waals surface area contributed by atoms with E-state index in [0.717, 1.165) is 28.8 Å². The van der Waals surface area contributed by atoms with Crippen molar-refractivity contribution < 1.29 is 35.9 Å². The monoisotopic (exact) mass is 562 g/mol. The maximum atomic E-state index is 13.2. The molecule has 3 aromatic rings. The average molecular weight is 563 g/mol. The molecule has 198 valence electrons. The highest BCUT2D eigenvalue weighted by Crippen LogP contribution is 2.37. The van der Waals surface area contributed by atoms with Crippen LogP contribution < -0.4 is 0 Å². The summed E-state index contributed by atoms with van der Waals surface area (Å²) in [5.74, 6) is -0.749. The maximum Gasteiger partial charge on any atom is 0.434 e. The number of carbonyl (C=O) groups excluding carboxylic acids is 2. The standard InChI is InChI=1S/C23H20F6N4O2S2/c1-12-15-3-2-13(22(24,25)26)8-16(15)37-18(12)20(34)32-6-4-31(5-7-32)14-9-33(10-14)21(35)19-30-17(11-36-19)23(27,28)29/h2-3,8,11,14H,4-7,9-10H2,1H3. The van der Waals surface area contributed by atoms with Gasteiger partial charge in [-0.1, -0.05) is 6.07 Å². The zero-order valence-electron chi connectivity index (χ0n) is 19.3. The number of aromatic nitrogens is 1. The van der Waals surface area contributed by atoms with Gasteiger partial charge in [-0.05, 0) is 30.0 Å². The van der Waals surface area contributed by atoms with E-state index in [1.54, 1.807) is 11.8 Å². The Hall–Kier alpha value is -2.71. The number of alkyl halides is 6. The van der Waals surface area contributed by atoms with Crippen LogP contribution in [0.3, 0.4) is 0 Å². The molecule has 0 radical (unpaired) electrons. The number of likely N-dealkylation sites (tertiary alicyclic amines) is 1. The van der Waals surface area contributed by atoms with Crippen molar-refractivity contribution in [1.82, 2.24) is 19.7 Å². The minimum absolute atomic E-state index is 0.0371. The molecule has 0 unspecified atom stereocenters. The Labute approximate surface area is 215 Å². The fourth-order valence-corrected chi connectivity index (χ4v) is 6.54. The van der Waals surface area contributed by atoms with Gasteiger partial charge < -0.3 is 9.80 Å². The van der Waals surface area contributed by atoms with E-state index in [0.29, 0.717) is 71.1 Å². The van der Waals surface area contributed by atoms with E-state index >= 15 is 0 Å². The molecule has 37 heavy (non-hydrogen) atoms. The second kappa shape index (κ2) is 9.24. The van der Waals surface area contributed by atoms with Crippen LogP contribution >= 0.6 is 22.7 Å². The van der Waals surface area contributed by atoms with Gasteiger partial charge in [0.2, 0.25) is 0 Å². The fourth-order valence-electron chi connectivity index (χ4n) is 4.53. The number of thiazole rings is 1. The number of nitrogens with zero attached hydrogens (tertiary/aromatic N) is 4. The number of hydrogen-bond donors (Lipinski definition) is 0. The highest BCUT2D eigenvalue weighted by molar-refractivity contribution is 7.21. The zero-order chi connectivity index (χ0) is 26.7. The van der Waals surface area contributed by atoms with Crippen LogP contribution in [0.2, 0.25) is 0 Å². The van der Waals surface area contributed by atoms with Gasteiger partial charge in [-0.3, -0.25) is 14.5 Å². The Balaban J connectivity index is 1.17. The van der Waals surface area contributed by atoms with Crippen LogP contribution in [0.25, 0.3) is 10.1 Å². The molecule has 0 N–H and O–H groups in total. The molecule has 2 saturated heterocycles. The first-order chi connectivity index (χ1) is 17.3. The molecule has 2 aromatic heterocycles. The summed E-state index contributed by atoms with van der Waals surface area (Å²) in [6.45, 7) is 4.41. The molecule has 0 aliphatic carbocycles. The molecule has 4 heterocycles. The lowest BCUT2D eigenvalue weighted by Gasteiger charge is -2.47. The molecular weight excluding hydrogens is 542 g/mol. The lowest BCUT2D eigenvalue weighted by molar-refractivity contribution is -0.140. The number of halogens is 6. The largest absolute Gasteiger partial charge is 0.434 e. The molecule has 0 saturated carbocycles. The molecule has 0 bridgehead atoms. The Morgan fingerprint density at radius 2 is 1.62 bits per heavy atom. The number of amides is 2. The summed E-state index contributed by atoms with van der Waals surface area (Å²) in [5.41, 5.74) is -1.17. The van der Waals surface area contributed by atoms with Gasteiger partial charge >= 0.3 is 12.4 Å². The van der Waals surface area contributed by atoms with Crippen molar-refractivity contribution in [3.05, 3.63) is 50.3 Å².